The quantitative estimate of drug-likeness (QED) is 0.375. The number of hydrogen-bond donors (Lipinski definition) is 0. The number of anilines is 1. The second-order valence-corrected chi connectivity index (χ2v) is 8.12. The number of carbonyl (C=O) groups excluding carboxylic acids is 2. The first-order valence-electron chi connectivity index (χ1n) is 10.4. The molecule has 0 bridgehead atoms. The van der Waals surface area contributed by atoms with E-state index in [1.807, 2.05) is 0 Å². The number of carbonyl (C=O) groups is 2. The number of alkyl halides is 3. The molecule has 6 nitrogen and oxygen atoms in total. The maximum absolute atomic E-state index is 13.4. The Morgan fingerprint density at radius 3 is 2.26 bits per heavy atom. The Kier molecular flexibility index (Phi) is 5.03. The van der Waals surface area contributed by atoms with Gasteiger partial charge in [0.1, 0.15) is 17.1 Å². The summed E-state index contributed by atoms with van der Waals surface area (Å²) in [5.41, 5.74) is 1.31. The Balaban J connectivity index is 1.43. The van der Waals surface area contributed by atoms with E-state index in [-0.39, 0.29) is 18.0 Å². The van der Waals surface area contributed by atoms with Crippen LogP contribution in [0.25, 0.3) is 11.1 Å². The molecule has 1 aliphatic carbocycles. The van der Waals surface area contributed by atoms with E-state index in [0.717, 1.165) is 22.6 Å². The van der Waals surface area contributed by atoms with Crippen molar-refractivity contribution in [1.82, 2.24) is 9.88 Å². The number of aromatic nitrogens is 1. The minimum absolute atomic E-state index is 0.117. The topological polar surface area (TPSA) is 62.7 Å². The van der Waals surface area contributed by atoms with Gasteiger partial charge in [-0.2, -0.15) is 0 Å². The molecule has 0 N–H and O–H groups in total. The van der Waals surface area contributed by atoms with Crippen molar-refractivity contribution < 1.29 is 31.9 Å². The molecule has 34 heavy (non-hydrogen) atoms. The van der Waals surface area contributed by atoms with Gasteiger partial charge in [0.25, 0.3) is 5.91 Å². The van der Waals surface area contributed by atoms with Gasteiger partial charge in [-0.05, 0) is 66.4 Å². The van der Waals surface area contributed by atoms with E-state index in [0.29, 0.717) is 24.0 Å². The van der Waals surface area contributed by atoms with Crippen molar-refractivity contribution in [2.45, 2.75) is 31.3 Å². The zero-order valence-corrected chi connectivity index (χ0v) is 17.6. The first-order chi connectivity index (χ1) is 16.2. The van der Waals surface area contributed by atoms with Crippen molar-refractivity contribution in [3.63, 3.8) is 0 Å². The summed E-state index contributed by atoms with van der Waals surface area (Å²) in [6.45, 7) is 0.117. The molecule has 1 saturated carbocycles. The molecule has 2 fully saturated rings. The third kappa shape index (κ3) is 3.85. The van der Waals surface area contributed by atoms with E-state index in [9.17, 15) is 27.2 Å². The summed E-state index contributed by atoms with van der Waals surface area (Å²) >= 11 is 0. The van der Waals surface area contributed by atoms with Crippen molar-refractivity contribution in [1.29, 1.82) is 0 Å². The third-order valence-electron chi connectivity index (χ3n) is 5.99. The van der Waals surface area contributed by atoms with Gasteiger partial charge in [0.05, 0.1) is 5.69 Å². The van der Waals surface area contributed by atoms with Crippen LogP contribution in [0.2, 0.25) is 0 Å². The standard InChI is InChI=1S/C24H17F4N3O3/c25-17-3-1-15(2-4-17)20-13-29-12-9-16(20)14-30-22(33)31(21(32)23(30)10-11-23)18-5-7-19(8-6-18)34-24(26,27)28/h1-9,12-13H,10-11,14H2. The molecule has 2 aromatic carbocycles. The van der Waals surface area contributed by atoms with Crippen molar-refractivity contribution in [3.8, 4) is 16.9 Å². The van der Waals surface area contributed by atoms with Gasteiger partial charge in [-0.1, -0.05) is 12.1 Å². The second kappa shape index (κ2) is 7.82. The van der Waals surface area contributed by atoms with Gasteiger partial charge in [0.15, 0.2) is 0 Å². The summed E-state index contributed by atoms with van der Waals surface area (Å²) < 4.78 is 54.5. The number of ether oxygens (including phenoxy) is 1. The first kappa shape index (κ1) is 21.9. The zero-order chi connectivity index (χ0) is 24.1. The zero-order valence-electron chi connectivity index (χ0n) is 17.6. The Hall–Kier alpha value is -3.95. The van der Waals surface area contributed by atoms with Gasteiger partial charge in [0, 0.05) is 24.5 Å². The highest BCUT2D eigenvalue weighted by molar-refractivity contribution is 6.24. The molecule has 0 radical (unpaired) electrons. The molecule has 2 aliphatic rings. The fourth-order valence-electron chi connectivity index (χ4n) is 4.18. The molecular formula is C24H17F4N3O3. The lowest BCUT2D eigenvalue weighted by Gasteiger charge is -2.23. The number of hydrogen-bond acceptors (Lipinski definition) is 4. The molecule has 174 valence electrons. The summed E-state index contributed by atoms with van der Waals surface area (Å²) in [6, 6.07) is 11.6. The van der Waals surface area contributed by atoms with E-state index in [1.54, 1.807) is 30.6 Å². The normalized spacial score (nSPS) is 16.9. The number of imide groups is 1. The van der Waals surface area contributed by atoms with E-state index >= 15 is 0 Å². The molecule has 0 atom stereocenters. The summed E-state index contributed by atoms with van der Waals surface area (Å²) in [7, 11) is 0. The van der Waals surface area contributed by atoms with Gasteiger partial charge in [-0.15, -0.1) is 13.2 Å². The molecule has 1 aromatic heterocycles. The van der Waals surface area contributed by atoms with Crippen LogP contribution in [0.3, 0.4) is 0 Å². The lowest BCUT2D eigenvalue weighted by Crippen LogP contribution is -2.36. The summed E-state index contributed by atoms with van der Waals surface area (Å²) in [5, 5.41) is 0. The molecule has 3 aromatic rings. The SMILES string of the molecule is O=C1N(c2ccc(OC(F)(F)F)cc2)C(=O)C2(CC2)N1Cc1ccncc1-c1ccc(F)cc1. The summed E-state index contributed by atoms with van der Waals surface area (Å²) in [5.74, 6) is -1.25. The third-order valence-corrected chi connectivity index (χ3v) is 5.99. The lowest BCUT2D eigenvalue weighted by molar-refractivity contribution is -0.274. The van der Waals surface area contributed by atoms with E-state index in [2.05, 4.69) is 9.72 Å². The van der Waals surface area contributed by atoms with Gasteiger partial charge < -0.3 is 9.64 Å². The minimum atomic E-state index is -4.84. The van der Waals surface area contributed by atoms with Crippen molar-refractivity contribution in [2.75, 3.05) is 4.90 Å². The molecule has 1 saturated heterocycles. The first-order valence-corrected chi connectivity index (χ1v) is 10.4. The van der Waals surface area contributed by atoms with E-state index in [1.165, 1.54) is 29.2 Å². The molecular weight excluding hydrogens is 454 g/mol. The van der Waals surface area contributed by atoms with Crippen LogP contribution in [0, 0.1) is 5.82 Å². The number of amides is 3. The highest BCUT2D eigenvalue weighted by Gasteiger charge is 2.65. The van der Waals surface area contributed by atoms with Crippen LogP contribution in [-0.2, 0) is 11.3 Å². The smallest absolute Gasteiger partial charge is 0.406 e. The number of pyridine rings is 1. The van der Waals surface area contributed by atoms with Gasteiger partial charge in [-0.25, -0.2) is 14.1 Å². The highest BCUT2D eigenvalue weighted by Crippen LogP contribution is 2.50. The summed E-state index contributed by atoms with van der Waals surface area (Å²) in [6.07, 6.45) is -0.688. The molecule has 5 rings (SSSR count). The van der Waals surface area contributed by atoms with Crippen LogP contribution in [-0.4, -0.2) is 33.7 Å². The van der Waals surface area contributed by atoms with Crippen molar-refractivity contribution in [3.05, 3.63) is 78.4 Å². The minimum Gasteiger partial charge on any atom is -0.406 e. The summed E-state index contributed by atoms with van der Waals surface area (Å²) in [4.78, 5) is 33.1. The predicted octanol–water partition coefficient (Wildman–Crippen LogP) is 5.29. The number of urea groups is 1. The maximum atomic E-state index is 13.4. The fraction of sp³-hybridized carbons (Fsp3) is 0.208. The lowest BCUT2D eigenvalue weighted by atomic mass is 10.0. The molecule has 1 spiro atoms. The molecule has 1 aliphatic heterocycles. The molecule has 0 unspecified atom stereocenters. The average Bonchev–Trinajstić information content (AvgIpc) is 3.57. The average molecular weight is 471 g/mol. The number of benzene rings is 2. The Morgan fingerprint density at radius 1 is 0.971 bits per heavy atom. The number of rotatable bonds is 5. The van der Waals surface area contributed by atoms with Gasteiger partial charge in [0.2, 0.25) is 0 Å². The van der Waals surface area contributed by atoms with Crippen LogP contribution in [0.4, 0.5) is 28.0 Å². The number of nitrogens with zero attached hydrogens (tertiary/aromatic N) is 3. The molecule has 10 heteroatoms. The predicted molar refractivity (Wildman–Crippen MR) is 113 cm³/mol. The highest BCUT2D eigenvalue weighted by atomic mass is 19.4. The Labute approximate surface area is 191 Å². The largest absolute Gasteiger partial charge is 0.573 e. The van der Waals surface area contributed by atoms with Crippen LogP contribution < -0.4 is 9.64 Å². The Morgan fingerprint density at radius 2 is 1.65 bits per heavy atom. The maximum Gasteiger partial charge on any atom is 0.573 e. The fourth-order valence-corrected chi connectivity index (χ4v) is 4.18. The van der Waals surface area contributed by atoms with Gasteiger partial charge in [-0.3, -0.25) is 9.78 Å². The number of halogens is 4. The molecule has 2 heterocycles. The molecule has 3 amide bonds. The second-order valence-electron chi connectivity index (χ2n) is 8.12. The van der Waals surface area contributed by atoms with Gasteiger partial charge >= 0.3 is 12.4 Å². The van der Waals surface area contributed by atoms with Crippen LogP contribution >= 0.6 is 0 Å². The van der Waals surface area contributed by atoms with Crippen LogP contribution in [0.5, 0.6) is 5.75 Å². The van der Waals surface area contributed by atoms with E-state index in [4.69, 9.17) is 0 Å². The van der Waals surface area contributed by atoms with Crippen molar-refractivity contribution in [2.24, 2.45) is 0 Å². The monoisotopic (exact) mass is 471 g/mol. The van der Waals surface area contributed by atoms with Crippen LogP contribution in [0.1, 0.15) is 18.4 Å². The van der Waals surface area contributed by atoms with E-state index < -0.39 is 29.6 Å². The van der Waals surface area contributed by atoms with Crippen molar-refractivity contribution >= 4 is 17.6 Å². The Bertz CT molecular complexity index is 1260. The van der Waals surface area contributed by atoms with Crippen LogP contribution in [0.15, 0.2) is 67.0 Å².